The first-order valence-electron chi connectivity index (χ1n) is 9.82. The summed E-state index contributed by atoms with van der Waals surface area (Å²) >= 11 is 0. The topological polar surface area (TPSA) is 50.5 Å². The summed E-state index contributed by atoms with van der Waals surface area (Å²) in [5.41, 5.74) is 1.23. The van der Waals surface area contributed by atoms with Crippen LogP contribution in [0.4, 0.5) is 13.2 Å². The number of nitrogens with zero attached hydrogens (tertiary/aromatic N) is 4. The predicted molar refractivity (Wildman–Crippen MR) is 97.9 cm³/mol. The molecule has 0 aromatic carbocycles. The number of hydrogen-bond acceptors (Lipinski definition) is 3. The van der Waals surface area contributed by atoms with Crippen molar-refractivity contribution < 1.29 is 18.0 Å². The largest absolute Gasteiger partial charge is 0.433 e. The number of fused-ring (bicyclic) bond motifs is 1. The minimum absolute atomic E-state index is 0.0633. The van der Waals surface area contributed by atoms with Gasteiger partial charge >= 0.3 is 6.18 Å². The van der Waals surface area contributed by atoms with Crippen molar-refractivity contribution in [3.63, 3.8) is 0 Å². The van der Waals surface area contributed by atoms with Crippen molar-refractivity contribution in [2.24, 2.45) is 0 Å². The van der Waals surface area contributed by atoms with E-state index in [1.54, 1.807) is 17.9 Å². The molecule has 2 aromatic heterocycles. The molecule has 1 aliphatic carbocycles. The van der Waals surface area contributed by atoms with Crippen LogP contribution in [0.25, 0.3) is 5.65 Å². The molecule has 0 radical (unpaired) electrons. The average Bonchev–Trinajstić information content (AvgIpc) is 3.33. The van der Waals surface area contributed by atoms with Crippen molar-refractivity contribution in [3.8, 4) is 0 Å². The Balaban J connectivity index is 1.60. The number of halogens is 3. The molecular formula is C20H23F3N4O. The number of carbonyl (C=O) groups is 1. The predicted octanol–water partition coefficient (Wildman–Crippen LogP) is 4.13. The number of likely N-dealkylation sites (tertiary alicyclic amines) is 1. The summed E-state index contributed by atoms with van der Waals surface area (Å²) in [6.07, 6.45) is 2.55. The maximum atomic E-state index is 13.4. The van der Waals surface area contributed by atoms with Gasteiger partial charge in [-0.3, -0.25) is 4.79 Å². The molecule has 8 heteroatoms. The van der Waals surface area contributed by atoms with E-state index in [1.165, 1.54) is 0 Å². The van der Waals surface area contributed by atoms with E-state index in [-0.39, 0.29) is 17.5 Å². The van der Waals surface area contributed by atoms with E-state index >= 15 is 0 Å². The molecule has 0 N–H and O–H groups in total. The van der Waals surface area contributed by atoms with Gasteiger partial charge in [-0.15, -0.1) is 0 Å². The van der Waals surface area contributed by atoms with Gasteiger partial charge < -0.3 is 4.90 Å². The third kappa shape index (κ3) is 3.52. The molecule has 0 bridgehead atoms. The summed E-state index contributed by atoms with van der Waals surface area (Å²) in [6.45, 7) is 2.87. The van der Waals surface area contributed by atoms with Crippen LogP contribution in [0, 0.1) is 0 Å². The summed E-state index contributed by atoms with van der Waals surface area (Å²) in [6, 6.07) is 2.69. The highest BCUT2D eigenvalue weighted by atomic mass is 19.4. The normalized spacial score (nSPS) is 20.6. The Morgan fingerprint density at radius 2 is 2.11 bits per heavy atom. The van der Waals surface area contributed by atoms with E-state index in [0.717, 1.165) is 41.8 Å². The Bertz CT molecular complexity index is 931. The number of hydrogen-bond donors (Lipinski definition) is 0. The van der Waals surface area contributed by atoms with Gasteiger partial charge in [0, 0.05) is 36.3 Å². The van der Waals surface area contributed by atoms with E-state index in [4.69, 9.17) is 0 Å². The third-order valence-corrected chi connectivity index (χ3v) is 5.61. The average molecular weight is 392 g/mol. The van der Waals surface area contributed by atoms with Crippen LogP contribution >= 0.6 is 0 Å². The minimum Gasteiger partial charge on any atom is -0.338 e. The van der Waals surface area contributed by atoms with Crippen LogP contribution in [0.1, 0.15) is 62.0 Å². The van der Waals surface area contributed by atoms with Gasteiger partial charge in [-0.05, 0) is 44.6 Å². The fraction of sp³-hybridized carbons (Fsp3) is 0.550. The number of carbonyl (C=O) groups excluding carboxylic acids is 1. The standard InChI is InChI=1S/C20H23F3N4O/c1-2-15-10-17(20(21,22)23)27-18(24-15)11-16(25-27)14-8-9-26(12-14)19(28)13-6-4-3-5-7-13/h6,10-11,14H,2-5,7-9,12H2,1H3/t14-/m0/s1. The lowest BCUT2D eigenvalue weighted by Gasteiger charge is -2.20. The van der Waals surface area contributed by atoms with Gasteiger partial charge in [0.2, 0.25) is 5.91 Å². The van der Waals surface area contributed by atoms with E-state index in [2.05, 4.69) is 10.1 Å². The van der Waals surface area contributed by atoms with E-state index in [0.29, 0.717) is 37.3 Å². The Hall–Kier alpha value is -2.38. The fourth-order valence-electron chi connectivity index (χ4n) is 4.05. The quantitative estimate of drug-likeness (QED) is 0.789. The zero-order valence-corrected chi connectivity index (χ0v) is 15.8. The molecule has 0 saturated carbocycles. The lowest BCUT2D eigenvalue weighted by Crippen LogP contribution is -2.30. The smallest absolute Gasteiger partial charge is 0.338 e. The van der Waals surface area contributed by atoms with E-state index in [9.17, 15) is 18.0 Å². The van der Waals surface area contributed by atoms with Crippen LogP contribution in [0.2, 0.25) is 0 Å². The van der Waals surface area contributed by atoms with Crippen molar-refractivity contribution in [1.82, 2.24) is 19.5 Å². The first-order chi connectivity index (χ1) is 13.4. The van der Waals surface area contributed by atoms with Gasteiger partial charge in [-0.25, -0.2) is 9.50 Å². The second kappa shape index (κ2) is 7.22. The maximum Gasteiger partial charge on any atom is 0.433 e. The third-order valence-electron chi connectivity index (χ3n) is 5.61. The molecule has 1 atom stereocenters. The van der Waals surface area contributed by atoms with Crippen LogP contribution in [0.5, 0.6) is 0 Å². The molecule has 1 fully saturated rings. The van der Waals surface area contributed by atoms with Crippen molar-refractivity contribution in [1.29, 1.82) is 0 Å². The van der Waals surface area contributed by atoms with E-state index < -0.39 is 11.9 Å². The molecule has 3 heterocycles. The van der Waals surface area contributed by atoms with Gasteiger partial charge in [0.15, 0.2) is 5.65 Å². The molecule has 1 aliphatic heterocycles. The number of alkyl halides is 3. The number of amides is 1. The van der Waals surface area contributed by atoms with Crippen LogP contribution in [0.3, 0.4) is 0 Å². The first kappa shape index (κ1) is 19.0. The molecule has 2 aromatic rings. The van der Waals surface area contributed by atoms with Crippen LogP contribution in [-0.4, -0.2) is 38.5 Å². The summed E-state index contributed by atoms with van der Waals surface area (Å²) in [5.74, 6) is -0.00524. The molecule has 28 heavy (non-hydrogen) atoms. The minimum atomic E-state index is -4.50. The zero-order valence-electron chi connectivity index (χ0n) is 15.8. The lowest BCUT2D eigenvalue weighted by atomic mass is 9.98. The Labute approximate surface area is 161 Å². The number of rotatable bonds is 3. The second-order valence-electron chi connectivity index (χ2n) is 7.54. The van der Waals surface area contributed by atoms with E-state index in [1.807, 2.05) is 6.08 Å². The lowest BCUT2D eigenvalue weighted by molar-refractivity contribution is -0.142. The Morgan fingerprint density at radius 1 is 1.29 bits per heavy atom. The second-order valence-corrected chi connectivity index (χ2v) is 7.54. The van der Waals surface area contributed by atoms with Crippen LogP contribution < -0.4 is 0 Å². The van der Waals surface area contributed by atoms with Crippen molar-refractivity contribution in [2.45, 2.75) is 57.5 Å². The fourth-order valence-corrected chi connectivity index (χ4v) is 4.05. The molecule has 150 valence electrons. The highest BCUT2D eigenvalue weighted by Gasteiger charge is 2.36. The van der Waals surface area contributed by atoms with Gasteiger partial charge in [0.25, 0.3) is 0 Å². The molecule has 0 unspecified atom stereocenters. The zero-order chi connectivity index (χ0) is 19.9. The number of aromatic nitrogens is 3. The monoisotopic (exact) mass is 392 g/mol. The van der Waals surface area contributed by atoms with Crippen molar-refractivity contribution in [3.05, 3.63) is 40.9 Å². The van der Waals surface area contributed by atoms with Crippen LogP contribution in [0.15, 0.2) is 23.8 Å². The Morgan fingerprint density at radius 3 is 2.79 bits per heavy atom. The SMILES string of the molecule is CCc1cc(C(F)(F)F)n2nc([C@H]3CCN(C(=O)C4=CCCCC4)C3)cc2n1. The van der Waals surface area contributed by atoms with Crippen molar-refractivity contribution in [2.75, 3.05) is 13.1 Å². The summed E-state index contributed by atoms with van der Waals surface area (Å²) in [4.78, 5) is 18.8. The molecule has 5 nitrogen and oxygen atoms in total. The highest BCUT2D eigenvalue weighted by Crippen LogP contribution is 2.33. The Kier molecular flexibility index (Phi) is 4.89. The first-order valence-corrected chi connectivity index (χ1v) is 9.82. The summed E-state index contributed by atoms with van der Waals surface area (Å²) in [7, 11) is 0. The van der Waals surface area contributed by atoms with Gasteiger partial charge in [0.05, 0.1) is 5.69 Å². The molecule has 2 aliphatic rings. The van der Waals surface area contributed by atoms with Gasteiger partial charge in [-0.2, -0.15) is 18.3 Å². The molecule has 1 amide bonds. The maximum absolute atomic E-state index is 13.4. The highest BCUT2D eigenvalue weighted by molar-refractivity contribution is 5.93. The molecule has 0 spiro atoms. The number of aryl methyl sites for hydroxylation is 1. The summed E-state index contributed by atoms with van der Waals surface area (Å²) in [5, 5.41) is 4.22. The van der Waals surface area contributed by atoms with Gasteiger partial charge in [-0.1, -0.05) is 13.0 Å². The molecular weight excluding hydrogens is 369 g/mol. The van der Waals surface area contributed by atoms with Crippen LogP contribution in [-0.2, 0) is 17.4 Å². The molecule has 1 saturated heterocycles. The molecule has 4 rings (SSSR count). The number of allylic oxidation sites excluding steroid dienone is 1. The summed E-state index contributed by atoms with van der Waals surface area (Å²) < 4.78 is 41.2. The van der Waals surface area contributed by atoms with Crippen molar-refractivity contribution >= 4 is 11.6 Å². The van der Waals surface area contributed by atoms with Gasteiger partial charge in [0.1, 0.15) is 5.69 Å².